The van der Waals surface area contributed by atoms with Crippen molar-refractivity contribution in [1.82, 2.24) is 20.3 Å². The van der Waals surface area contributed by atoms with E-state index in [2.05, 4.69) is 20.3 Å². The van der Waals surface area contributed by atoms with Gasteiger partial charge in [-0.05, 0) is 69.3 Å². The van der Waals surface area contributed by atoms with Crippen LogP contribution in [0.2, 0.25) is 0 Å². The first-order chi connectivity index (χ1) is 20.9. The molecule has 228 valence electrons. The summed E-state index contributed by atoms with van der Waals surface area (Å²) in [5.41, 5.74) is 5.64. The number of nitrogens with one attached hydrogen (secondary N) is 1. The molecule has 0 saturated heterocycles. The molecule has 0 radical (unpaired) electrons. The Kier molecular flexibility index (Phi) is 8.31. The monoisotopic (exact) mass is 601 g/mol. The van der Waals surface area contributed by atoms with Crippen LogP contribution in [0.25, 0.3) is 22.4 Å². The molecular weight excluding hydrogens is 569 g/mol. The zero-order valence-electron chi connectivity index (χ0n) is 24.4. The second kappa shape index (κ2) is 12.0. The number of halogens is 1. The predicted octanol–water partition coefficient (Wildman–Crippen LogP) is 2.88. The Labute approximate surface area is 252 Å². The van der Waals surface area contributed by atoms with Gasteiger partial charge in [-0.3, -0.25) is 9.59 Å². The molecular formula is C32H32FN5O6. The topological polar surface area (TPSA) is 170 Å². The molecule has 2 aromatic carbocycles. The molecule has 0 saturated carbocycles. The first-order valence-corrected chi connectivity index (χ1v) is 13.8. The van der Waals surface area contributed by atoms with Crippen LogP contribution in [0.5, 0.6) is 11.5 Å². The van der Waals surface area contributed by atoms with Crippen LogP contribution in [-0.2, 0) is 15.8 Å². The fraction of sp³-hybridized carbons (Fsp3) is 0.281. The molecule has 3 atom stereocenters. The first kappa shape index (κ1) is 30.5. The minimum absolute atomic E-state index is 0.0262. The van der Waals surface area contributed by atoms with E-state index in [1.807, 2.05) is 0 Å². The molecule has 1 aliphatic rings. The van der Waals surface area contributed by atoms with Gasteiger partial charge < -0.3 is 30.7 Å². The molecule has 12 heteroatoms. The highest BCUT2D eigenvalue weighted by molar-refractivity contribution is 5.96. The number of aliphatic hydroxyl groups is 2. The molecule has 0 spiro atoms. The lowest BCUT2D eigenvalue weighted by Gasteiger charge is -2.26. The Hall–Kier alpha value is -4.94. The van der Waals surface area contributed by atoms with Crippen LogP contribution < -0.4 is 20.5 Å². The SMILES string of the molecule is C[C@@H](O)COc1ccc(C(=O)NC[C@](C)(O)c2cc3c(c(-c4ccc(F)cc4)n2)OC[C@]3(C)C(N)=O)cc1-c1cncnc1. The minimum atomic E-state index is -1.71. The van der Waals surface area contributed by atoms with E-state index in [1.54, 1.807) is 50.5 Å². The van der Waals surface area contributed by atoms with Gasteiger partial charge in [0.15, 0.2) is 0 Å². The fourth-order valence-corrected chi connectivity index (χ4v) is 4.78. The molecule has 2 amide bonds. The average Bonchev–Trinajstić information content (AvgIpc) is 3.37. The molecule has 4 aromatic rings. The normalized spacial score (nSPS) is 17.6. The van der Waals surface area contributed by atoms with Crippen LogP contribution in [0.4, 0.5) is 4.39 Å². The summed E-state index contributed by atoms with van der Waals surface area (Å²) in [7, 11) is 0. The van der Waals surface area contributed by atoms with Gasteiger partial charge in [0, 0.05) is 40.2 Å². The highest BCUT2D eigenvalue weighted by atomic mass is 19.1. The van der Waals surface area contributed by atoms with Crippen molar-refractivity contribution < 1.29 is 33.7 Å². The molecule has 1 aliphatic heterocycles. The summed E-state index contributed by atoms with van der Waals surface area (Å²) in [4.78, 5) is 38.5. The van der Waals surface area contributed by atoms with Gasteiger partial charge in [0.2, 0.25) is 5.91 Å². The number of primary amides is 1. The maximum atomic E-state index is 13.7. The molecule has 5 rings (SSSR count). The number of fused-ring (bicyclic) bond motifs is 1. The third-order valence-electron chi connectivity index (χ3n) is 7.47. The van der Waals surface area contributed by atoms with Gasteiger partial charge in [0.1, 0.15) is 53.6 Å². The van der Waals surface area contributed by atoms with E-state index >= 15 is 0 Å². The van der Waals surface area contributed by atoms with Crippen LogP contribution in [0.3, 0.4) is 0 Å². The minimum Gasteiger partial charge on any atom is -0.490 e. The van der Waals surface area contributed by atoms with E-state index in [9.17, 15) is 24.2 Å². The van der Waals surface area contributed by atoms with Gasteiger partial charge in [0.05, 0.1) is 18.3 Å². The second-order valence-corrected chi connectivity index (χ2v) is 11.2. The van der Waals surface area contributed by atoms with Crippen LogP contribution in [-0.4, -0.2) is 62.8 Å². The Morgan fingerprint density at radius 1 is 1.16 bits per heavy atom. The third-order valence-corrected chi connectivity index (χ3v) is 7.47. The Bertz CT molecular complexity index is 1700. The highest BCUT2D eigenvalue weighted by Crippen LogP contribution is 2.45. The Morgan fingerprint density at radius 3 is 2.52 bits per heavy atom. The number of carbonyl (C=O) groups excluding carboxylic acids is 2. The summed E-state index contributed by atoms with van der Waals surface area (Å²) in [6, 6.07) is 11.9. The molecule has 0 unspecified atom stereocenters. The molecule has 44 heavy (non-hydrogen) atoms. The lowest BCUT2D eigenvalue weighted by molar-refractivity contribution is -0.123. The predicted molar refractivity (Wildman–Crippen MR) is 158 cm³/mol. The quantitative estimate of drug-likeness (QED) is 0.213. The summed E-state index contributed by atoms with van der Waals surface area (Å²) in [6.45, 7) is 4.48. The molecule has 2 aromatic heterocycles. The molecule has 11 nitrogen and oxygen atoms in total. The molecule has 3 heterocycles. The van der Waals surface area contributed by atoms with Crippen molar-refractivity contribution in [2.75, 3.05) is 19.8 Å². The van der Waals surface area contributed by atoms with Gasteiger partial charge >= 0.3 is 0 Å². The average molecular weight is 602 g/mol. The number of ether oxygens (including phenoxy) is 2. The van der Waals surface area contributed by atoms with Crippen molar-refractivity contribution in [3.63, 3.8) is 0 Å². The zero-order chi connectivity index (χ0) is 31.6. The number of nitrogens with zero attached hydrogens (tertiary/aromatic N) is 3. The zero-order valence-corrected chi connectivity index (χ0v) is 24.4. The molecule has 0 bridgehead atoms. The van der Waals surface area contributed by atoms with Crippen LogP contribution in [0, 0.1) is 5.82 Å². The lowest BCUT2D eigenvalue weighted by Crippen LogP contribution is -2.41. The number of benzene rings is 2. The summed E-state index contributed by atoms with van der Waals surface area (Å²) in [5.74, 6) is -0.802. The number of nitrogens with two attached hydrogens (primary N) is 1. The van der Waals surface area contributed by atoms with Crippen LogP contribution in [0.1, 0.15) is 42.4 Å². The summed E-state index contributed by atoms with van der Waals surface area (Å²) < 4.78 is 25.3. The van der Waals surface area contributed by atoms with Gasteiger partial charge in [-0.15, -0.1) is 0 Å². The maximum absolute atomic E-state index is 13.7. The van der Waals surface area contributed by atoms with Crippen molar-refractivity contribution in [2.24, 2.45) is 5.73 Å². The second-order valence-electron chi connectivity index (χ2n) is 11.2. The number of pyridine rings is 1. The number of amides is 2. The molecule has 5 N–H and O–H groups in total. The van der Waals surface area contributed by atoms with Crippen LogP contribution in [0.15, 0.2) is 67.3 Å². The van der Waals surface area contributed by atoms with Crippen molar-refractivity contribution in [3.8, 4) is 33.9 Å². The first-order valence-electron chi connectivity index (χ1n) is 13.8. The fourth-order valence-electron chi connectivity index (χ4n) is 4.78. The van der Waals surface area contributed by atoms with Crippen molar-refractivity contribution >= 4 is 11.8 Å². The standard InChI is InChI=1S/C32H32FN5O6/c1-18(39)14-43-25-9-6-20(10-23(25)21-12-35-17-36-13-21)29(40)37-15-32(3,42)26-11-24-28(44-16-31(24,2)30(34)41)27(38-26)19-4-7-22(33)8-5-19/h4-13,17-18,39,42H,14-16H2,1-3H3,(H2,34,41)(H,37,40)/t18-,31+,32+/m1/s1. The number of aromatic nitrogens is 3. The van der Waals surface area contributed by atoms with Gasteiger partial charge in [-0.25, -0.2) is 19.3 Å². The van der Waals surface area contributed by atoms with Crippen LogP contribution >= 0.6 is 0 Å². The van der Waals surface area contributed by atoms with E-state index in [-0.39, 0.29) is 31.0 Å². The van der Waals surface area contributed by atoms with Crippen molar-refractivity contribution in [3.05, 3.63) is 89.9 Å². The van der Waals surface area contributed by atoms with E-state index in [0.29, 0.717) is 39.4 Å². The number of carbonyl (C=O) groups is 2. The van der Waals surface area contributed by atoms with Gasteiger partial charge in [-0.2, -0.15) is 0 Å². The van der Waals surface area contributed by atoms with E-state index in [0.717, 1.165) is 0 Å². The summed E-state index contributed by atoms with van der Waals surface area (Å²) in [6.07, 6.45) is 3.83. The molecule has 0 aliphatic carbocycles. The number of aliphatic hydroxyl groups excluding tert-OH is 1. The number of rotatable bonds is 10. The highest BCUT2D eigenvalue weighted by Gasteiger charge is 2.45. The summed E-state index contributed by atoms with van der Waals surface area (Å²) >= 11 is 0. The van der Waals surface area contributed by atoms with Gasteiger partial charge in [0.25, 0.3) is 5.91 Å². The van der Waals surface area contributed by atoms with E-state index in [4.69, 9.17) is 15.2 Å². The Balaban J connectivity index is 1.45. The number of hydrogen-bond acceptors (Lipinski definition) is 9. The van der Waals surface area contributed by atoms with E-state index in [1.165, 1.54) is 37.5 Å². The van der Waals surface area contributed by atoms with Crippen molar-refractivity contribution in [1.29, 1.82) is 0 Å². The lowest BCUT2D eigenvalue weighted by atomic mass is 9.82. The third kappa shape index (κ3) is 6.08. The molecule has 0 fully saturated rings. The van der Waals surface area contributed by atoms with E-state index < -0.39 is 34.8 Å². The largest absolute Gasteiger partial charge is 0.490 e. The van der Waals surface area contributed by atoms with Crippen molar-refractivity contribution in [2.45, 2.75) is 37.9 Å². The smallest absolute Gasteiger partial charge is 0.251 e. The summed E-state index contributed by atoms with van der Waals surface area (Å²) in [5, 5.41) is 24.0. The Morgan fingerprint density at radius 2 is 1.86 bits per heavy atom. The number of hydrogen-bond donors (Lipinski definition) is 4. The maximum Gasteiger partial charge on any atom is 0.251 e. The van der Waals surface area contributed by atoms with Gasteiger partial charge in [-0.1, -0.05) is 0 Å².